The number of nitrogens with one attached hydrogen (secondary N) is 2. The number of hydrogen-bond acceptors (Lipinski definition) is 7. The molecule has 1 aliphatic carbocycles. The lowest BCUT2D eigenvalue weighted by Crippen LogP contribution is -2.49. The predicted molar refractivity (Wildman–Crippen MR) is 119 cm³/mol. The molecule has 0 bridgehead atoms. The number of pyridine rings is 1. The summed E-state index contributed by atoms with van der Waals surface area (Å²) in [6.07, 6.45) is 10.1. The number of halogens is 1. The highest BCUT2D eigenvalue weighted by Crippen LogP contribution is 2.34. The predicted octanol–water partition coefficient (Wildman–Crippen LogP) is 4.74. The molecule has 3 rings (SSSR count). The molecular weight excluding hydrogens is 420 g/mol. The normalized spacial score (nSPS) is 16.5. The van der Waals surface area contributed by atoms with Gasteiger partial charge in [-0.25, -0.2) is 4.98 Å². The second kappa shape index (κ2) is 10.2. The van der Waals surface area contributed by atoms with Crippen molar-refractivity contribution >= 4 is 34.5 Å². The molecule has 1 aliphatic rings. The molecule has 30 heavy (non-hydrogen) atoms. The van der Waals surface area contributed by atoms with E-state index in [0.29, 0.717) is 5.15 Å². The number of nitrogens with zero attached hydrogens (tertiary/aromatic N) is 4. The summed E-state index contributed by atoms with van der Waals surface area (Å²) < 4.78 is 0. The van der Waals surface area contributed by atoms with Gasteiger partial charge in [0.15, 0.2) is 5.01 Å². The van der Waals surface area contributed by atoms with E-state index >= 15 is 0 Å². The van der Waals surface area contributed by atoms with Gasteiger partial charge in [-0.15, -0.1) is 10.2 Å². The fourth-order valence-electron chi connectivity index (χ4n) is 4.07. The van der Waals surface area contributed by atoms with Crippen LogP contribution in [0.5, 0.6) is 0 Å². The van der Waals surface area contributed by atoms with Crippen molar-refractivity contribution in [2.24, 2.45) is 0 Å². The average molecular weight is 447 g/mol. The zero-order valence-electron chi connectivity index (χ0n) is 17.4. The number of aryl methyl sites for hydroxylation is 1. The average Bonchev–Trinajstić information content (AvgIpc) is 3.16. The van der Waals surface area contributed by atoms with Gasteiger partial charge in [0, 0.05) is 25.1 Å². The van der Waals surface area contributed by atoms with Crippen LogP contribution in [0.4, 0.5) is 5.69 Å². The Balaban J connectivity index is 1.67. The summed E-state index contributed by atoms with van der Waals surface area (Å²) in [5.41, 5.74) is 1.44. The Hall–Kier alpha value is -2.24. The van der Waals surface area contributed by atoms with Crippen molar-refractivity contribution in [3.05, 3.63) is 22.4 Å². The Bertz CT molecular complexity index is 918. The molecular formula is C21H27ClN6OS. The summed E-state index contributed by atoms with van der Waals surface area (Å²) in [4.78, 5) is 15.9. The van der Waals surface area contributed by atoms with E-state index in [2.05, 4.69) is 31.9 Å². The van der Waals surface area contributed by atoms with Gasteiger partial charge in [-0.3, -0.25) is 4.79 Å². The summed E-state index contributed by atoms with van der Waals surface area (Å²) >= 11 is 7.56. The van der Waals surface area contributed by atoms with Crippen molar-refractivity contribution in [2.75, 3.05) is 5.32 Å². The minimum absolute atomic E-state index is 0.0527. The van der Waals surface area contributed by atoms with Crippen molar-refractivity contribution in [3.8, 4) is 16.6 Å². The van der Waals surface area contributed by atoms with Crippen LogP contribution in [0.15, 0.2) is 12.3 Å². The number of carbonyl (C=O) groups excluding carboxylic acids is 1. The topological polar surface area (TPSA) is 104 Å². The maximum atomic E-state index is 11.7. The third kappa shape index (κ3) is 5.89. The lowest BCUT2D eigenvalue weighted by Gasteiger charge is -2.38. The molecule has 1 fully saturated rings. The Labute approximate surface area is 186 Å². The Morgan fingerprint density at radius 1 is 1.37 bits per heavy atom. The first-order valence-corrected chi connectivity index (χ1v) is 11.5. The van der Waals surface area contributed by atoms with Gasteiger partial charge in [0.1, 0.15) is 16.2 Å². The molecule has 9 heteroatoms. The van der Waals surface area contributed by atoms with E-state index in [1.807, 2.05) is 0 Å². The maximum Gasteiger partial charge on any atom is 0.217 e. The van der Waals surface area contributed by atoms with Crippen LogP contribution >= 0.6 is 22.9 Å². The smallest absolute Gasteiger partial charge is 0.217 e. The minimum Gasteiger partial charge on any atom is -0.369 e. The van der Waals surface area contributed by atoms with Gasteiger partial charge in [0.05, 0.1) is 17.3 Å². The quantitative estimate of drug-likeness (QED) is 0.567. The van der Waals surface area contributed by atoms with Crippen molar-refractivity contribution in [2.45, 2.75) is 76.8 Å². The third-order valence-corrected chi connectivity index (χ3v) is 6.65. The lowest BCUT2D eigenvalue weighted by molar-refractivity contribution is -0.121. The molecule has 0 saturated heterocycles. The molecule has 1 saturated carbocycles. The van der Waals surface area contributed by atoms with E-state index in [1.54, 1.807) is 26.1 Å². The molecule has 0 radical (unpaired) electrons. The van der Waals surface area contributed by atoms with Crippen molar-refractivity contribution in [1.82, 2.24) is 20.5 Å². The number of carbonyl (C=O) groups is 1. The number of hydrogen-bond donors (Lipinski definition) is 2. The first-order chi connectivity index (χ1) is 14.4. The molecule has 2 heterocycles. The van der Waals surface area contributed by atoms with E-state index in [1.165, 1.54) is 30.6 Å². The Kier molecular flexibility index (Phi) is 7.62. The van der Waals surface area contributed by atoms with E-state index < -0.39 is 0 Å². The van der Waals surface area contributed by atoms with E-state index in [4.69, 9.17) is 16.9 Å². The second-order valence-corrected chi connectivity index (χ2v) is 9.37. The number of nitriles is 1. The van der Waals surface area contributed by atoms with Gasteiger partial charge in [-0.2, -0.15) is 5.26 Å². The molecule has 0 aromatic carbocycles. The van der Waals surface area contributed by atoms with Crippen LogP contribution in [-0.4, -0.2) is 32.7 Å². The fraction of sp³-hybridized carbons (Fsp3) is 0.571. The van der Waals surface area contributed by atoms with Crippen molar-refractivity contribution in [1.29, 1.82) is 5.26 Å². The molecule has 1 amide bonds. The maximum absolute atomic E-state index is 11.7. The summed E-state index contributed by atoms with van der Waals surface area (Å²) in [6, 6.07) is 3.49. The van der Waals surface area contributed by atoms with E-state index in [-0.39, 0.29) is 17.5 Å². The van der Waals surface area contributed by atoms with Crippen molar-refractivity contribution < 1.29 is 4.79 Å². The van der Waals surface area contributed by atoms with Gasteiger partial charge < -0.3 is 10.6 Å². The van der Waals surface area contributed by atoms with Crippen LogP contribution in [0.2, 0.25) is 5.15 Å². The Morgan fingerprint density at radius 2 is 2.13 bits per heavy atom. The van der Waals surface area contributed by atoms with Crippen LogP contribution in [0.25, 0.3) is 10.6 Å². The van der Waals surface area contributed by atoms with Gasteiger partial charge in [-0.05, 0) is 38.7 Å². The molecule has 160 valence electrons. The standard InChI is InChI=1S/C21H27ClN6OS/c1-14(12-23)25-17-11-18(22)24-13-16(17)20-28-27-19(30-20)7-6-10-21(26-15(2)29)8-4-3-5-9-21/h11,13-14H,3-10H2,1-2H3,(H,24,25)(H,26,29)/t14-/m1/s1. The van der Waals surface area contributed by atoms with E-state index in [9.17, 15) is 4.79 Å². The largest absolute Gasteiger partial charge is 0.369 e. The molecule has 7 nitrogen and oxygen atoms in total. The van der Waals surface area contributed by atoms with Crippen molar-refractivity contribution in [3.63, 3.8) is 0 Å². The second-order valence-electron chi connectivity index (χ2n) is 7.92. The Morgan fingerprint density at radius 3 is 2.83 bits per heavy atom. The highest BCUT2D eigenvalue weighted by atomic mass is 35.5. The first kappa shape index (κ1) is 22.4. The summed E-state index contributed by atoms with van der Waals surface area (Å²) in [6.45, 7) is 3.38. The molecule has 0 unspecified atom stereocenters. The zero-order chi connectivity index (χ0) is 21.6. The van der Waals surface area contributed by atoms with Gasteiger partial charge in [0.2, 0.25) is 5.91 Å². The highest BCUT2D eigenvalue weighted by molar-refractivity contribution is 7.14. The molecule has 2 aromatic heterocycles. The fourth-order valence-corrected chi connectivity index (χ4v) is 5.13. The number of amides is 1. The van der Waals surface area contributed by atoms with Crippen LogP contribution < -0.4 is 10.6 Å². The molecule has 2 N–H and O–H groups in total. The van der Waals surface area contributed by atoms with Crippen LogP contribution in [0.1, 0.15) is 63.8 Å². The number of aromatic nitrogens is 3. The number of anilines is 1. The van der Waals surface area contributed by atoms with Crippen LogP contribution in [-0.2, 0) is 11.2 Å². The monoisotopic (exact) mass is 446 g/mol. The SMILES string of the molecule is CC(=O)NC1(CCCc2nnc(-c3cnc(Cl)cc3N[C@H](C)C#N)s2)CCCCC1. The van der Waals surface area contributed by atoms with Crippen LogP contribution in [0.3, 0.4) is 0 Å². The van der Waals surface area contributed by atoms with Crippen LogP contribution in [0, 0.1) is 11.3 Å². The number of rotatable bonds is 8. The molecule has 0 spiro atoms. The minimum atomic E-state index is -0.366. The molecule has 0 aliphatic heterocycles. The summed E-state index contributed by atoms with van der Waals surface area (Å²) in [7, 11) is 0. The van der Waals surface area contributed by atoms with Gasteiger partial charge >= 0.3 is 0 Å². The lowest BCUT2D eigenvalue weighted by atomic mass is 9.78. The molecule has 1 atom stereocenters. The van der Waals surface area contributed by atoms with Gasteiger partial charge in [0.25, 0.3) is 0 Å². The summed E-state index contributed by atoms with van der Waals surface area (Å²) in [5.74, 6) is 0.0527. The first-order valence-electron chi connectivity index (χ1n) is 10.3. The summed E-state index contributed by atoms with van der Waals surface area (Å²) in [5, 5.41) is 26.2. The molecule has 2 aromatic rings. The third-order valence-electron chi connectivity index (χ3n) is 5.43. The highest BCUT2D eigenvalue weighted by Gasteiger charge is 2.32. The zero-order valence-corrected chi connectivity index (χ0v) is 18.9. The van der Waals surface area contributed by atoms with Gasteiger partial charge in [-0.1, -0.05) is 42.2 Å². The van der Waals surface area contributed by atoms with E-state index in [0.717, 1.165) is 53.4 Å².